The molecule has 0 saturated heterocycles. The van der Waals surface area contributed by atoms with Crippen LogP contribution in [0.2, 0.25) is 4.34 Å². The van der Waals surface area contributed by atoms with Crippen molar-refractivity contribution in [1.29, 1.82) is 0 Å². The molecule has 0 aliphatic heterocycles. The van der Waals surface area contributed by atoms with Gasteiger partial charge in [0.2, 0.25) is 5.91 Å². The summed E-state index contributed by atoms with van der Waals surface area (Å²) in [6.45, 7) is 6.00. The molecular formula is C26H28ClN5O3S. The molecule has 3 heterocycles. The summed E-state index contributed by atoms with van der Waals surface area (Å²) >= 11 is 7.45. The van der Waals surface area contributed by atoms with Gasteiger partial charge in [0.05, 0.1) is 11.4 Å². The van der Waals surface area contributed by atoms with Crippen molar-refractivity contribution in [3.63, 3.8) is 0 Å². The van der Waals surface area contributed by atoms with Crippen LogP contribution in [0.5, 0.6) is 0 Å². The summed E-state index contributed by atoms with van der Waals surface area (Å²) in [6.07, 6.45) is 8.89. The van der Waals surface area contributed by atoms with Crippen molar-refractivity contribution < 1.29 is 14.7 Å². The Morgan fingerprint density at radius 2 is 1.81 bits per heavy atom. The average molecular weight is 526 g/mol. The van der Waals surface area contributed by atoms with E-state index in [9.17, 15) is 14.7 Å². The Labute approximate surface area is 218 Å². The van der Waals surface area contributed by atoms with Crippen molar-refractivity contribution in [2.45, 2.75) is 52.5 Å². The molecule has 3 aromatic heterocycles. The first-order chi connectivity index (χ1) is 17.2. The van der Waals surface area contributed by atoms with Gasteiger partial charge in [0, 0.05) is 36.1 Å². The molecule has 1 saturated carbocycles. The molecule has 0 radical (unpaired) electrons. The number of halogens is 1. The molecule has 0 atom stereocenters. The number of anilines is 1. The van der Waals surface area contributed by atoms with E-state index in [1.165, 1.54) is 22.2 Å². The normalized spacial score (nSPS) is 18.1. The first-order valence-electron chi connectivity index (χ1n) is 12.1. The van der Waals surface area contributed by atoms with Crippen molar-refractivity contribution in [2.75, 3.05) is 4.90 Å². The van der Waals surface area contributed by atoms with E-state index in [-0.39, 0.29) is 29.2 Å². The summed E-state index contributed by atoms with van der Waals surface area (Å²) in [5.74, 6) is -0.444. The zero-order valence-electron chi connectivity index (χ0n) is 20.4. The monoisotopic (exact) mass is 525 g/mol. The van der Waals surface area contributed by atoms with Crippen molar-refractivity contribution in [1.82, 2.24) is 19.2 Å². The highest BCUT2D eigenvalue weighted by molar-refractivity contribution is 7.20. The van der Waals surface area contributed by atoms with Crippen LogP contribution in [0.25, 0.3) is 21.9 Å². The fraction of sp³-hybridized carbons (Fsp3) is 0.385. The van der Waals surface area contributed by atoms with Gasteiger partial charge in [-0.05, 0) is 57.6 Å². The van der Waals surface area contributed by atoms with Crippen LogP contribution in [0.4, 0.5) is 5.82 Å². The van der Waals surface area contributed by atoms with E-state index < -0.39 is 5.97 Å². The van der Waals surface area contributed by atoms with E-state index >= 15 is 0 Å². The molecule has 0 bridgehead atoms. The van der Waals surface area contributed by atoms with Crippen LogP contribution in [0.15, 0.2) is 42.9 Å². The lowest BCUT2D eigenvalue weighted by atomic mass is 9.82. The maximum absolute atomic E-state index is 13.5. The standard InChI is InChI=1S/C26H28ClN5O3S/c1-15(2)32(24(33)18-6-4-16(3)5-7-18)23-20(25(34)35)12-31(29-23)19-10-8-17(9-11-19)21-13-30-14-22(27)36-26(30)28-21/h8-16,18H,4-7H2,1-3H3,(H,34,35)/t16-,18-. The summed E-state index contributed by atoms with van der Waals surface area (Å²) in [4.78, 5) is 32.6. The molecule has 1 fully saturated rings. The van der Waals surface area contributed by atoms with Gasteiger partial charge in [0.15, 0.2) is 10.8 Å². The maximum atomic E-state index is 13.5. The molecule has 36 heavy (non-hydrogen) atoms. The van der Waals surface area contributed by atoms with Gasteiger partial charge in [-0.3, -0.25) is 14.1 Å². The Bertz CT molecular complexity index is 1380. The molecule has 188 valence electrons. The lowest BCUT2D eigenvalue weighted by molar-refractivity contribution is -0.123. The van der Waals surface area contributed by atoms with Gasteiger partial charge < -0.3 is 5.11 Å². The van der Waals surface area contributed by atoms with E-state index in [2.05, 4.69) is 17.0 Å². The first kappa shape index (κ1) is 24.5. The molecule has 0 spiro atoms. The number of hydrogen-bond acceptors (Lipinski definition) is 5. The number of benzene rings is 1. The third-order valence-electron chi connectivity index (χ3n) is 6.83. The predicted octanol–water partition coefficient (Wildman–Crippen LogP) is 6.17. The average Bonchev–Trinajstić information content (AvgIpc) is 3.53. The van der Waals surface area contributed by atoms with Crippen LogP contribution in [0.3, 0.4) is 0 Å². The summed E-state index contributed by atoms with van der Waals surface area (Å²) in [6, 6.07) is 7.34. The Balaban J connectivity index is 1.45. The number of hydrogen-bond donors (Lipinski definition) is 1. The smallest absolute Gasteiger partial charge is 0.341 e. The zero-order valence-corrected chi connectivity index (χ0v) is 22.0. The number of aromatic nitrogens is 4. The number of aromatic carboxylic acids is 1. The van der Waals surface area contributed by atoms with Gasteiger partial charge in [-0.15, -0.1) is 5.10 Å². The molecule has 1 aliphatic carbocycles. The largest absolute Gasteiger partial charge is 0.477 e. The highest BCUT2D eigenvalue weighted by Crippen LogP contribution is 2.33. The molecule has 0 unspecified atom stereocenters. The van der Waals surface area contributed by atoms with Gasteiger partial charge in [0.1, 0.15) is 9.90 Å². The van der Waals surface area contributed by atoms with E-state index in [0.29, 0.717) is 15.9 Å². The van der Waals surface area contributed by atoms with Crippen LogP contribution in [0, 0.1) is 11.8 Å². The molecule has 10 heteroatoms. The molecule has 1 aromatic carbocycles. The lowest BCUT2D eigenvalue weighted by Crippen LogP contribution is -2.43. The van der Waals surface area contributed by atoms with Gasteiger partial charge >= 0.3 is 5.97 Å². The van der Waals surface area contributed by atoms with Gasteiger partial charge in [-0.1, -0.05) is 42.0 Å². The molecule has 1 N–H and O–H groups in total. The lowest BCUT2D eigenvalue weighted by Gasteiger charge is -2.32. The molecule has 1 amide bonds. The molecular weight excluding hydrogens is 498 g/mol. The SMILES string of the molecule is CC(C)N(c1nn(-c2ccc(-c3cn4cc(Cl)sc4n3)cc2)cc1C(=O)O)C(=O)[C@H]1CC[C@H](C)CC1. The van der Waals surface area contributed by atoms with Crippen molar-refractivity contribution in [3.05, 3.63) is 52.8 Å². The topological polar surface area (TPSA) is 92.7 Å². The summed E-state index contributed by atoms with van der Waals surface area (Å²) in [5, 5.41) is 14.5. The van der Waals surface area contributed by atoms with Crippen molar-refractivity contribution in [2.24, 2.45) is 11.8 Å². The second-order valence-corrected chi connectivity index (χ2v) is 11.4. The Kier molecular flexibility index (Phi) is 6.61. The van der Waals surface area contributed by atoms with Gasteiger partial charge in [0.25, 0.3) is 0 Å². The van der Waals surface area contributed by atoms with Crippen LogP contribution < -0.4 is 4.90 Å². The second kappa shape index (κ2) is 9.71. The van der Waals surface area contributed by atoms with E-state index in [0.717, 1.165) is 41.9 Å². The highest BCUT2D eigenvalue weighted by Gasteiger charge is 2.34. The minimum atomic E-state index is -1.11. The Morgan fingerprint density at radius 3 is 2.42 bits per heavy atom. The Morgan fingerprint density at radius 1 is 1.11 bits per heavy atom. The minimum absolute atomic E-state index is 0.0107. The third-order valence-corrected chi connectivity index (χ3v) is 7.94. The molecule has 1 aliphatic rings. The van der Waals surface area contributed by atoms with Crippen LogP contribution in [-0.4, -0.2) is 42.2 Å². The van der Waals surface area contributed by atoms with E-state index in [4.69, 9.17) is 11.6 Å². The summed E-state index contributed by atoms with van der Waals surface area (Å²) in [7, 11) is 0. The fourth-order valence-corrected chi connectivity index (χ4v) is 5.83. The second-order valence-electron chi connectivity index (χ2n) is 9.77. The molecule has 8 nitrogen and oxygen atoms in total. The van der Waals surface area contributed by atoms with Crippen molar-refractivity contribution in [3.8, 4) is 16.9 Å². The van der Waals surface area contributed by atoms with Crippen LogP contribution in [0.1, 0.15) is 56.8 Å². The number of carboxylic acid groups (broad SMARTS) is 1. The number of carbonyl (C=O) groups is 2. The minimum Gasteiger partial charge on any atom is -0.477 e. The Hall–Kier alpha value is -3.17. The highest BCUT2D eigenvalue weighted by atomic mass is 35.5. The number of carboxylic acids is 1. The zero-order chi connectivity index (χ0) is 25.6. The predicted molar refractivity (Wildman–Crippen MR) is 141 cm³/mol. The maximum Gasteiger partial charge on any atom is 0.341 e. The fourth-order valence-electron chi connectivity index (χ4n) is 4.82. The summed E-state index contributed by atoms with van der Waals surface area (Å²) in [5.41, 5.74) is 2.44. The van der Waals surface area contributed by atoms with Gasteiger partial charge in [-0.2, -0.15) is 0 Å². The number of fused-ring (bicyclic) bond motifs is 1. The number of amides is 1. The molecule has 5 rings (SSSR count). The van der Waals surface area contributed by atoms with E-state index in [1.807, 2.05) is 54.9 Å². The first-order valence-corrected chi connectivity index (χ1v) is 13.3. The van der Waals surface area contributed by atoms with Crippen molar-refractivity contribution >= 4 is 45.6 Å². The number of thiazole rings is 1. The quantitative estimate of drug-likeness (QED) is 0.325. The number of imidazole rings is 1. The third kappa shape index (κ3) is 4.65. The molecule has 4 aromatic rings. The van der Waals surface area contributed by atoms with Crippen LogP contribution in [-0.2, 0) is 4.79 Å². The van der Waals surface area contributed by atoms with Crippen LogP contribution >= 0.6 is 22.9 Å². The number of nitrogens with zero attached hydrogens (tertiary/aromatic N) is 5. The number of carbonyl (C=O) groups excluding carboxylic acids is 1. The number of rotatable bonds is 6. The van der Waals surface area contributed by atoms with E-state index in [1.54, 1.807) is 4.90 Å². The van der Waals surface area contributed by atoms with Gasteiger partial charge in [-0.25, -0.2) is 14.5 Å². The summed E-state index contributed by atoms with van der Waals surface area (Å²) < 4.78 is 4.09.